The standard InChI is InChI=1S/C54H38N2/c1-3-13-37(14-4-1)39-25-29-45(30-26-39)55-51-23-9-7-21-47(51)49-35-43(27-31-53(49)55)44-28-32-54-50(36-44)48-22-8-10-24-52(48)56(54)46-20-12-19-42(34-46)41-18-11-17-40(33-41)38-15-5-2-6-16-38/h1-19,21-36,46H,20H2. The Balaban J connectivity index is 0.990. The number of fused-ring (bicyclic) bond motifs is 6. The van der Waals surface area contributed by atoms with Gasteiger partial charge in [-0.25, -0.2) is 0 Å². The zero-order chi connectivity index (χ0) is 37.0. The molecular formula is C54H38N2. The Hall–Kier alpha value is -7.16. The van der Waals surface area contributed by atoms with Gasteiger partial charge in [0, 0.05) is 38.3 Å². The van der Waals surface area contributed by atoms with Gasteiger partial charge in [0.25, 0.3) is 0 Å². The Morgan fingerprint density at radius 2 is 0.839 bits per heavy atom. The molecule has 0 N–H and O–H groups in total. The molecule has 0 radical (unpaired) electrons. The van der Waals surface area contributed by atoms with E-state index in [1.807, 2.05) is 0 Å². The van der Waals surface area contributed by atoms with E-state index < -0.39 is 0 Å². The molecule has 2 aromatic heterocycles. The SMILES string of the molecule is C1=CC(c2cccc(-c3ccccc3)c2)=CC(n2c3ccccc3c3cc(-c4ccc5c(c4)c4ccccc4n5-c4ccc(-c5ccccc5)cc4)ccc32)C1. The van der Waals surface area contributed by atoms with Gasteiger partial charge in [-0.3, -0.25) is 0 Å². The first-order valence-electron chi connectivity index (χ1n) is 19.5. The maximum Gasteiger partial charge on any atom is 0.0566 e. The van der Waals surface area contributed by atoms with Crippen molar-refractivity contribution in [2.24, 2.45) is 0 Å². The molecule has 10 aromatic rings. The molecule has 2 nitrogen and oxygen atoms in total. The number of benzene rings is 8. The highest BCUT2D eigenvalue weighted by molar-refractivity contribution is 6.12. The monoisotopic (exact) mass is 714 g/mol. The summed E-state index contributed by atoms with van der Waals surface area (Å²) in [6, 6.07) is 71.1. The second-order valence-corrected chi connectivity index (χ2v) is 14.9. The normalized spacial score (nSPS) is 14.2. The van der Waals surface area contributed by atoms with E-state index in [-0.39, 0.29) is 6.04 Å². The van der Waals surface area contributed by atoms with Crippen LogP contribution in [0, 0.1) is 0 Å². The summed E-state index contributed by atoms with van der Waals surface area (Å²) in [5.41, 5.74) is 16.0. The lowest BCUT2D eigenvalue weighted by atomic mass is 9.94. The van der Waals surface area contributed by atoms with Gasteiger partial charge in [0.1, 0.15) is 0 Å². The van der Waals surface area contributed by atoms with E-state index in [4.69, 9.17) is 0 Å². The van der Waals surface area contributed by atoms with Crippen LogP contribution >= 0.6 is 0 Å². The minimum Gasteiger partial charge on any atom is -0.333 e. The van der Waals surface area contributed by atoms with Gasteiger partial charge in [0.05, 0.1) is 17.1 Å². The predicted octanol–water partition coefficient (Wildman–Crippen LogP) is 14.5. The average molecular weight is 715 g/mol. The molecule has 0 aliphatic heterocycles. The van der Waals surface area contributed by atoms with Crippen molar-refractivity contribution >= 4 is 49.2 Å². The van der Waals surface area contributed by atoms with Gasteiger partial charge < -0.3 is 9.13 Å². The van der Waals surface area contributed by atoms with Crippen LogP contribution in [0.2, 0.25) is 0 Å². The van der Waals surface area contributed by atoms with Gasteiger partial charge in [0.15, 0.2) is 0 Å². The molecule has 1 unspecified atom stereocenters. The minimum atomic E-state index is 0.202. The minimum absolute atomic E-state index is 0.202. The lowest BCUT2D eigenvalue weighted by Gasteiger charge is -2.21. The number of para-hydroxylation sites is 2. The third-order valence-electron chi connectivity index (χ3n) is 11.6. The molecule has 8 aromatic carbocycles. The summed E-state index contributed by atoms with van der Waals surface area (Å²) >= 11 is 0. The second kappa shape index (κ2) is 13.3. The molecule has 0 amide bonds. The summed E-state index contributed by atoms with van der Waals surface area (Å²) in [5.74, 6) is 0. The highest BCUT2D eigenvalue weighted by Crippen LogP contribution is 2.40. The van der Waals surface area contributed by atoms with Crippen LogP contribution in [0.4, 0.5) is 0 Å². The summed E-state index contributed by atoms with van der Waals surface area (Å²) in [6.07, 6.45) is 8.04. The van der Waals surface area contributed by atoms with Crippen molar-refractivity contribution in [1.82, 2.24) is 9.13 Å². The quantitative estimate of drug-likeness (QED) is 0.162. The van der Waals surface area contributed by atoms with E-state index in [0.717, 1.165) is 12.1 Å². The van der Waals surface area contributed by atoms with Crippen LogP contribution < -0.4 is 0 Å². The summed E-state index contributed by atoms with van der Waals surface area (Å²) in [4.78, 5) is 0. The smallest absolute Gasteiger partial charge is 0.0566 e. The Bertz CT molecular complexity index is 3140. The molecule has 0 bridgehead atoms. The number of hydrogen-bond acceptors (Lipinski definition) is 0. The van der Waals surface area contributed by atoms with Crippen LogP contribution in [0.25, 0.3) is 88.3 Å². The van der Waals surface area contributed by atoms with Crippen LogP contribution in [0.3, 0.4) is 0 Å². The predicted molar refractivity (Wildman–Crippen MR) is 237 cm³/mol. The lowest BCUT2D eigenvalue weighted by Crippen LogP contribution is -2.08. The molecule has 0 fully saturated rings. The fraction of sp³-hybridized carbons (Fsp3) is 0.0370. The number of nitrogens with zero attached hydrogens (tertiary/aromatic N) is 2. The lowest BCUT2D eigenvalue weighted by molar-refractivity contribution is 0.650. The summed E-state index contributed by atoms with van der Waals surface area (Å²) in [7, 11) is 0. The van der Waals surface area contributed by atoms with Crippen molar-refractivity contribution in [2.75, 3.05) is 0 Å². The van der Waals surface area contributed by atoms with E-state index >= 15 is 0 Å². The van der Waals surface area contributed by atoms with Gasteiger partial charge in [-0.1, -0.05) is 158 Å². The van der Waals surface area contributed by atoms with Gasteiger partial charge in [-0.05, 0) is 106 Å². The molecule has 2 heterocycles. The molecule has 0 spiro atoms. The summed E-state index contributed by atoms with van der Waals surface area (Å²) < 4.78 is 4.96. The van der Waals surface area contributed by atoms with Crippen LogP contribution in [0.5, 0.6) is 0 Å². The zero-order valence-electron chi connectivity index (χ0n) is 30.9. The Labute approximate surface area is 326 Å². The van der Waals surface area contributed by atoms with Crippen molar-refractivity contribution in [3.05, 3.63) is 218 Å². The van der Waals surface area contributed by atoms with E-state index in [1.54, 1.807) is 0 Å². The largest absolute Gasteiger partial charge is 0.333 e. The topological polar surface area (TPSA) is 9.86 Å². The van der Waals surface area contributed by atoms with Gasteiger partial charge in [-0.15, -0.1) is 0 Å². The molecule has 0 saturated heterocycles. The summed E-state index contributed by atoms with van der Waals surface area (Å²) in [6.45, 7) is 0. The second-order valence-electron chi connectivity index (χ2n) is 14.9. The van der Waals surface area contributed by atoms with Gasteiger partial charge in [0.2, 0.25) is 0 Å². The first-order chi connectivity index (χ1) is 27.8. The van der Waals surface area contributed by atoms with Crippen LogP contribution in [0.1, 0.15) is 18.0 Å². The first-order valence-corrected chi connectivity index (χ1v) is 19.5. The van der Waals surface area contributed by atoms with E-state index in [1.165, 1.54) is 88.1 Å². The van der Waals surface area contributed by atoms with Crippen LogP contribution in [-0.2, 0) is 0 Å². The maximum atomic E-state index is 2.55. The van der Waals surface area contributed by atoms with E-state index in [2.05, 4.69) is 221 Å². The molecule has 1 atom stereocenters. The molecule has 1 aliphatic carbocycles. The molecule has 1 aliphatic rings. The molecular weight excluding hydrogens is 677 g/mol. The summed E-state index contributed by atoms with van der Waals surface area (Å²) in [5, 5.41) is 5.10. The molecule has 11 rings (SSSR count). The van der Waals surface area contributed by atoms with Crippen LogP contribution in [-0.4, -0.2) is 9.13 Å². The van der Waals surface area contributed by atoms with Crippen molar-refractivity contribution < 1.29 is 0 Å². The third-order valence-corrected chi connectivity index (χ3v) is 11.6. The molecule has 264 valence electrons. The Morgan fingerprint density at radius 3 is 1.57 bits per heavy atom. The maximum absolute atomic E-state index is 2.55. The number of rotatable bonds is 6. The number of allylic oxidation sites excluding steroid dienone is 4. The van der Waals surface area contributed by atoms with E-state index in [9.17, 15) is 0 Å². The van der Waals surface area contributed by atoms with Crippen molar-refractivity contribution in [3.63, 3.8) is 0 Å². The van der Waals surface area contributed by atoms with Crippen LogP contribution in [0.15, 0.2) is 212 Å². The van der Waals surface area contributed by atoms with Crippen molar-refractivity contribution in [3.8, 4) is 39.1 Å². The van der Waals surface area contributed by atoms with Crippen molar-refractivity contribution in [1.29, 1.82) is 0 Å². The highest BCUT2D eigenvalue weighted by atomic mass is 15.0. The molecule has 0 saturated carbocycles. The first kappa shape index (κ1) is 32.3. The Kier molecular flexibility index (Phi) is 7.67. The number of aromatic nitrogens is 2. The van der Waals surface area contributed by atoms with Gasteiger partial charge >= 0.3 is 0 Å². The third kappa shape index (κ3) is 5.41. The van der Waals surface area contributed by atoms with E-state index in [0.29, 0.717) is 0 Å². The molecule has 56 heavy (non-hydrogen) atoms. The Morgan fingerprint density at radius 1 is 0.357 bits per heavy atom. The van der Waals surface area contributed by atoms with Crippen molar-refractivity contribution in [2.45, 2.75) is 12.5 Å². The highest BCUT2D eigenvalue weighted by Gasteiger charge is 2.20. The fourth-order valence-corrected chi connectivity index (χ4v) is 8.95. The molecule has 2 heteroatoms. The zero-order valence-corrected chi connectivity index (χ0v) is 30.9. The van der Waals surface area contributed by atoms with Gasteiger partial charge in [-0.2, -0.15) is 0 Å². The number of hydrogen-bond donors (Lipinski definition) is 0. The fourth-order valence-electron chi connectivity index (χ4n) is 8.95. The average Bonchev–Trinajstić information content (AvgIpc) is 3.79.